The van der Waals surface area contributed by atoms with Gasteiger partial charge < -0.3 is 5.11 Å². The molecule has 21 heavy (non-hydrogen) atoms. The summed E-state index contributed by atoms with van der Waals surface area (Å²) in [6.07, 6.45) is 0.553. The van der Waals surface area contributed by atoms with Crippen LogP contribution < -0.4 is 0 Å². The average Bonchev–Trinajstić information content (AvgIpc) is 2.40. The summed E-state index contributed by atoms with van der Waals surface area (Å²) in [4.78, 5) is 10.1. The summed E-state index contributed by atoms with van der Waals surface area (Å²) in [7, 11) is -4.01. The van der Waals surface area contributed by atoms with Crippen molar-refractivity contribution in [2.75, 3.05) is 19.7 Å². The molecular formula is C13H20N2O5S. The van der Waals surface area contributed by atoms with E-state index in [2.05, 4.69) is 0 Å². The summed E-state index contributed by atoms with van der Waals surface area (Å²) >= 11 is 0. The van der Waals surface area contributed by atoms with Crippen LogP contribution in [0.2, 0.25) is 0 Å². The van der Waals surface area contributed by atoms with Gasteiger partial charge in [-0.2, -0.15) is 4.31 Å². The van der Waals surface area contributed by atoms with Gasteiger partial charge in [0, 0.05) is 19.2 Å². The molecule has 0 aliphatic rings. The van der Waals surface area contributed by atoms with E-state index in [0.29, 0.717) is 17.5 Å². The topological polar surface area (TPSA) is 101 Å². The molecule has 0 aliphatic carbocycles. The Morgan fingerprint density at radius 1 is 1.24 bits per heavy atom. The van der Waals surface area contributed by atoms with Crippen molar-refractivity contribution in [3.63, 3.8) is 0 Å². The first-order chi connectivity index (χ1) is 9.75. The molecule has 0 aliphatic heterocycles. The third-order valence-electron chi connectivity index (χ3n) is 3.21. The second-order valence-electron chi connectivity index (χ2n) is 4.79. The fraction of sp³-hybridized carbons (Fsp3) is 0.538. The molecule has 0 fully saturated rings. The summed E-state index contributed by atoms with van der Waals surface area (Å²) in [5.74, 6) is 0. The van der Waals surface area contributed by atoms with Gasteiger partial charge in [0.05, 0.1) is 11.5 Å². The summed E-state index contributed by atoms with van der Waals surface area (Å²) in [6.45, 7) is 4.98. The minimum absolute atomic E-state index is 0.0831. The van der Waals surface area contributed by atoms with E-state index in [0.717, 1.165) is 4.31 Å². The van der Waals surface area contributed by atoms with Crippen LogP contribution in [0.4, 0.5) is 5.69 Å². The number of aliphatic hydroxyl groups is 1. The van der Waals surface area contributed by atoms with Gasteiger partial charge in [0.2, 0.25) is 10.0 Å². The van der Waals surface area contributed by atoms with Crippen LogP contribution >= 0.6 is 0 Å². The number of nitro groups is 1. The van der Waals surface area contributed by atoms with Crippen molar-refractivity contribution < 1.29 is 18.4 Å². The Morgan fingerprint density at radius 2 is 1.81 bits per heavy atom. The number of rotatable bonds is 7. The highest BCUT2D eigenvalue weighted by molar-refractivity contribution is 7.89. The molecule has 0 saturated carbocycles. The summed E-state index contributed by atoms with van der Waals surface area (Å²) in [5.41, 5.74) is 0.890. The molecule has 8 heteroatoms. The number of nitrogens with zero attached hydrogens (tertiary/aromatic N) is 2. The van der Waals surface area contributed by atoms with Crippen molar-refractivity contribution in [3.05, 3.63) is 33.4 Å². The van der Waals surface area contributed by atoms with E-state index in [1.807, 2.05) is 0 Å². The zero-order chi connectivity index (χ0) is 16.2. The minimum Gasteiger partial charge on any atom is -0.395 e. The van der Waals surface area contributed by atoms with Crippen LogP contribution in [-0.2, 0) is 10.0 Å². The molecule has 0 bridgehead atoms. The summed E-state index contributed by atoms with van der Waals surface area (Å²) in [6, 6.07) is 2.59. The maximum atomic E-state index is 12.6. The number of nitro benzene ring substituents is 1. The van der Waals surface area contributed by atoms with Crippen LogP contribution in [0.25, 0.3) is 0 Å². The lowest BCUT2D eigenvalue weighted by Gasteiger charge is -2.21. The third kappa shape index (κ3) is 3.78. The highest BCUT2D eigenvalue weighted by Gasteiger charge is 2.31. The van der Waals surface area contributed by atoms with Gasteiger partial charge in [0.25, 0.3) is 5.69 Å². The molecule has 118 valence electrons. The quantitative estimate of drug-likeness (QED) is 0.608. The highest BCUT2D eigenvalue weighted by atomic mass is 32.2. The molecule has 0 amide bonds. The Hall–Kier alpha value is -1.51. The van der Waals surface area contributed by atoms with E-state index in [1.54, 1.807) is 20.8 Å². The Labute approximate surface area is 124 Å². The molecule has 0 unspecified atom stereocenters. The van der Waals surface area contributed by atoms with Gasteiger partial charge in [-0.1, -0.05) is 6.92 Å². The van der Waals surface area contributed by atoms with Crippen LogP contribution in [0.15, 0.2) is 17.0 Å². The van der Waals surface area contributed by atoms with Gasteiger partial charge in [0.15, 0.2) is 4.90 Å². The van der Waals surface area contributed by atoms with E-state index in [9.17, 15) is 18.5 Å². The van der Waals surface area contributed by atoms with E-state index in [4.69, 9.17) is 5.11 Å². The van der Waals surface area contributed by atoms with Crippen LogP contribution in [0.5, 0.6) is 0 Å². The fourth-order valence-electron chi connectivity index (χ4n) is 1.98. The Morgan fingerprint density at radius 3 is 2.29 bits per heavy atom. The molecule has 0 spiro atoms. The second kappa shape index (κ2) is 6.97. The first-order valence-corrected chi connectivity index (χ1v) is 8.06. The molecule has 0 heterocycles. The first-order valence-electron chi connectivity index (χ1n) is 6.62. The van der Waals surface area contributed by atoms with Crippen LogP contribution in [0, 0.1) is 24.0 Å². The minimum atomic E-state index is -4.01. The van der Waals surface area contributed by atoms with Gasteiger partial charge in [-0.05, 0) is 37.5 Å². The van der Waals surface area contributed by atoms with Crippen LogP contribution in [0.1, 0.15) is 24.5 Å². The van der Waals surface area contributed by atoms with Crippen molar-refractivity contribution >= 4 is 15.7 Å². The number of benzene rings is 1. The van der Waals surface area contributed by atoms with Gasteiger partial charge in [0.1, 0.15) is 0 Å². The number of sulfonamides is 1. The number of hydrogen-bond donors (Lipinski definition) is 1. The molecule has 1 N–H and O–H groups in total. The largest absolute Gasteiger partial charge is 0.395 e. The Kier molecular flexibility index (Phi) is 5.82. The Balaban J connectivity index is 3.48. The normalized spacial score (nSPS) is 11.9. The van der Waals surface area contributed by atoms with Gasteiger partial charge >= 0.3 is 0 Å². The molecule has 1 aromatic carbocycles. The lowest BCUT2D eigenvalue weighted by molar-refractivity contribution is -0.387. The molecule has 7 nitrogen and oxygen atoms in total. The maximum absolute atomic E-state index is 12.6. The van der Waals surface area contributed by atoms with Crippen molar-refractivity contribution in [2.24, 2.45) is 0 Å². The molecule has 0 aromatic heterocycles. The first kappa shape index (κ1) is 17.5. The van der Waals surface area contributed by atoms with Crippen LogP contribution in [0.3, 0.4) is 0 Å². The smallest absolute Gasteiger partial charge is 0.289 e. The van der Waals surface area contributed by atoms with Crippen molar-refractivity contribution in [1.82, 2.24) is 4.31 Å². The molecule has 0 radical (unpaired) electrons. The SMILES string of the molecule is CCCN(CCO)S(=O)(=O)c1cc(C)c(C)cc1[N+](=O)[O-]. The Bertz CT molecular complexity index is 622. The average molecular weight is 316 g/mol. The number of hydrogen-bond acceptors (Lipinski definition) is 5. The molecule has 1 rings (SSSR count). The predicted molar refractivity (Wildman–Crippen MR) is 78.7 cm³/mol. The molecular weight excluding hydrogens is 296 g/mol. The van der Waals surface area contributed by atoms with E-state index in [-0.39, 0.29) is 24.6 Å². The number of aliphatic hydroxyl groups excluding tert-OH is 1. The number of aryl methyl sites for hydroxylation is 2. The fourth-order valence-corrected chi connectivity index (χ4v) is 3.72. The molecule has 0 atom stereocenters. The summed E-state index contributed by atoms with van der Waals surface area (Å²) < 4.78 is 26.3. The van der Waals surface area contributed by atoms with Crippen molar-refractivity contribution in [2.45, 2.75) is 32.1 Å². The predicted octanol–water partition coefficient (Wildman–Crippen LogP) is 1.60. The maximum Gasteiger partial charge on any atom is 0.289 e. The lowest BCUT2D eigenvalue weighted by atomic mass is 10.1. The van der Waals surface area contributed by atoms with Crippen molar-refractivity contribution in [3.8, 4) is 0 Å². The van der Waals surface area contributed by atoms with Gasteiger partial charge in [-0.3, -0.25) is 10.1 Å². The van der Waals surface area contributed by atoms with Crippen LogP contribution in [-0.4, -0.2) is 42.4 Å². The van der Waals surface area contributed by atoms with Crippen molar-refractivity contribution in [1.29, 1.82) is 0 Å². The lowest BCUT2D eigenvalue weighted by Crippen LogP contribution is -2.34. The van der Waals surface area contributed by atoms with Gasteiger partial charge in [-0.25, -0.2) is 8.42 Å². The van der Waals surface area contributed by atoms with E-state index < -0.39 is 20.6 Å². The van der Waals surface area contributed by atoms with Gasteiger partial charge in [-0.15, -0.1) is 0 Å². The zero-order valence-corrected chi connectivity index (χ0v) is 13.2. The van der Waals surface area contributed by atoms with E-state index in [1.165, 1.54) is 12.1 Å². The third-order valence-corrected chi connectivity index (χ3v) is 5.14. The zero-order valence-electron chi connectivity index (χ0n) is 12.4. The standard InChI is InChI=1S/C13H20N2O5S/c1-4-5-14(6-7-16)21(19,20)13-9-11(3)10(2)8-12(13)15(17)18/h8-9,16H,4-7H2,1-3H3. The highest BCUT2D eigenvalue weighted by Crippen LogP contribution is 2.29. The second-order valence-corrected chi connectivity index (χ2v) is 6.70. The van der Waals surface area contributed by atoms with E-state index >= 15 is 0 Å². The monoisotopic (exact) mass is 316 g/mol. The molecule has 0 saturated heterocycles. The summed E-state index contributed by atoms with van der Waals surface area (Å²) in [5, 5.41) is 20.2. The molecule has 1 aromatic rings.